The fourth-order valence-electron chi connectivity index (χ4n) is 2.68. The first-order valence-electron chi connectivity index (χ1n) is 8.62. The number of hydrogen-bond donors (Lipinski definition) is 3. The first-order valence-corrected chi connectivity index (χ1v) is 8.62. The Morgan fingerprint density at radius 2 is 1.69 bits per heavy atom. The summed E-state index contributed by atoms with van der Waals surface area (Å²) in [4.78, 5) is 18.9. The number of imidazole rings is 1. The number of aromatic nitrogens is 2. The summed E-state index contributed by atoms with van der Waals surface area (Å²) >= 11 is 0. The number of carbonyl (C=O) groups excluding carboxylic acids is 1. The van der Waals surface area contributed by atoms with Gasteiger partial charge in [-0.15, -0.1) is 0 Å². The van der Waals surface area contributed by atoms with Crippen LogP contribution in [0.1, 0.15) is 74.4 Å². The van der Waals surface area contributed by atoms with E-state index < -0.39 is 0 Å². The summed E-state index contributed by atoms with van der Waals surface area (Å²) in [5, 5.41) is 14.8. The number of hydrazone groups is 1. The highest BCUT2D eigenvalue weighted by atomic mass is 16.3. The van der Waals surface area contributed by atoms with Crippen LogP contribution in [0.4, 0.5) is 0 Å². The predicted molar refractivity (Wildman–Crippen MR) is 104 cm³/mol. The van der Waals surface area contributed by atoms with Crippen molar-refractivity contribution >= 4 is 12.1 Å². The molecular weight excluding hydrogens is 328 g/mol. The summed E-state index contributed by atoms with van der Waals surface area (Å²) in [5.74, 6) is -0.0517. The lowest BCUT2D eigenvalue weighted by Gasteiger charge is -2.27. The number of phenolic OH excluding ortho intramolecular Hbond substituents is 1. The third-order valence-electron chi connectivity index (χ3n) is 4.17. The van der Waals surface area contributed by atoms with Crippen LogP contribution in [0.15, 0.2) is 23.6 Å². The lowest BCUT2D eigenvalue weighted by atomic mass is 9.78. The largest absolute Gasteiger partial charge is 0.507 e. The molecule has 2 aromatic rings. The number of aromatic hydroxyl groups is 1. The number of H-pyrrole nitrogens is 1. The van der Waals surface area contributed by atoms with Crippen LogP contribution in [-0.2, 0) is 10.8 Å². The molecule has 140 valence electrons. The lowest BCUT2D eigenvalue weighted by molar-refractivity contribution is 0.0950. The Kier molecular flexibility index (Phi) is 5.26. The molecule has 1 heterocycles. The van der Waals surface area contributed by atoms with E-state index in [4.69, 9.17) is 0 Å². The minimum Gasteiger partial charge on any atom is -0.507 e. The van der Waals surface area contributed by atoms with Gasteiger partial charge in [0.15, 0.2) is 5.69 Å². The minimum absolute atomic E-state index is 0.219. The van der Waals surface area contributed by atoms with E-state index in [1.807, 2.05) is 12.1 Å². The van der Waals surface area contributed by atoms with Gasteiger partial charge in [0.1, 0.15) is 5.75 Å². The normalized spacial score (nSPS) is 12.6. The first-order chi connectivity index (χ1) is 11.9. The number of nitrogens with one attached hydrogen (secondary N) is 2. The zero-order chi connectivity index (χ0) is 19.7. The minimum atomic E-state index is -0.370. The highest BCUT2D eigenvalue weighted by Gasteiger charge is 2.26. The van der Waals surface area contributed by atoms with Crippen molar-refractivity contribution in [3.63, 3.8) is 0 Å². The number of nitrogens with zero attached hydrogens (tertiary/aromatic N) is 2. The van der Waals surface area contributed by atoms with Gasteiger partial charge < -0.3 is 10.1 Å². The quantitative estimate of drug-likeness (QED) is 0.577. The Bertz CT molecular complexity index is 801. The molecule has 0 unspecified atom stereocenters. The van der Waals surface area contributed by atoms with Gasteiger partial charge in [-0.2, -0.15) is 5.10 Å². The summed E-state index contributed by atoms with van der Waals surface area (Å²) in [7, 11) is 0. The summed E-state index contributed by atoms with van der Waals surface area (Å²) in [6.07, 6.45) is 3.06. The second kappa shape index (κ2) is 6.94. The van der Waals surface area contributed by atoms with Gasteiger partial charge in [0.25, 0.3) is 5.91 Å². The molecule has 1 amide bonds. The molecule has 0 aliphatic carbocycles. The SMILES string of the molecule is Cc1[nH]cnc1C(=O)N/N=C/c1cc(C(C)(C)C)c(O)c(C(C)(C)C)c1. The highest BCUT2D eigenvalue weighted by Crippen LogP contribution is 2.39. The van der Waals surface area contributed by atoms with Gasteiger partial charge in [-0.3, -0.25) is 4.79 Å². The second-order valence-corrected chi connectivity index (χ2v) is 8.54. The molecule has 0 spiro atoms. The van der Waals surface area contributed by atoms with Crippen molar-refractivity contribution in [3.05, 3.63) is 46.5 Å². The van der Waals surface area contributed by atoms with Crippen molar-refractivity contribution in [2.45, 2.75) is 59.3 Å². The van der Waals surface area contributed by atoms with Gasteiger partial charge in [0.2, 0.25) is 0 Å². The van der Waals surface area contributed by atoms with Crippen molar-refractivity contribution in [2.24, 2.45) is 5.10 Å². The first kappa shape index (κ1) is 19.7. The number of aryl methyl sites for hydroxylation is 1. The Balaban J connectivity index is 2.34. The molecule has 6 nitrogen and oxygen atoms in total. The van der Waals surface area contributed by atoms with Crippen molar-refractivity contribution in [1.82, 2.24) is 15.4 Å². The Morgan fingerprint density at radius 3 is 2.12 bits per heavy atom. The van der Waals surface area contributed by atoms with Crippen LogP contribution in [0.3, 0.4) is 0 Å². The van der Waals surface area contributed by atoms with Gasteiger partial charge in [-0.05, 0) is 35.4 Å². The van der Waals surface area contributed by atoms with Crippen LogP contribution < -0.4 is 5.43 Å². The van der Waals surface area contributed by atoms with Gasteiger partial charge in [0.05, 0.1) is 12.5 Å². The molecule has 0 saturated carbocycles. The standard InChI is InChI=1S/C20H28N4O2/c1-12-16(22-11-21-12)18(26)24-23-10-13-8-14(19(2,3)4)17(25)15(9-13)20(5,6)7/h8-11,25H,1-7H3,(H,21,22)(H,24,26)/b23-10+. The Morgan fingerprint density at radius 1 is 1.15 bits per heavy atom. The van der Waals surface area contributed by atoms with E-state index in [-0.39, 0.29) is 16.7 Å². The number of rotatable bonds is 3. The summed E-state index contributed by atoms with van der Waals surface area (Å²) in [6, 6.07) is 3.81. The van der Waals surface area contributed by atoms with E-state index in [0.29, 0.717) is 17.1 Å². The van der Waals surface area contributed by atoms with E-state index in [1.54, 1.807) is 13.1 Å². The predicted octanol–water partition coefficient (Wildman–Crippen LogP) is 3.78. The molecule has 0 saturated heterocycles. The number of benzene rings is 1. The van der Waals surface area contributed by atoms with Crippen LogP contribution in [0.2, 0.25) is 0 Å². The molecule has 26 heavy (non-hydrogen) atoms. The zero-order valence-corrected chi connectivity index (χ0v) is 16.6. The van der Waals surface area contributed by atoms with Gasteiger partial charge in [0, 0.05) is 16.8 Å². The van der Waals surface area contributed by atoms with Crippen LogP contribution in [0.5, 0.6) is 5.75 Å². The number of hydrogen-bond acceptors (Lipinski definition) is 4. The van der Waals surface area contributed by atoms with Crippen molar-refractivity contribution < 1.29 is 9.90 Å². The molecule has 0 bridgehead atoms. The van der Waals surface area contributed by atoms with Gasteiger partial charge in [-0.1, -0.05) is 41.5 Å². The average Bonchev–Trinajstić information content (AvgIpc) is 2.92. The van der Waals surface area contributed by atoms with Crippen LogP contribution >= 0.6 is 0 Å². The molecule has 3 N–H and O–H groups in total. The topological polar surface area (TPSA) is 90.4 Å². The molecule has 0 aliphatic heterocycles. The Hall–Kier alpha value is -2.63. The van der Waals surface area contributed by atoms with E-state index in [9.17, 15) is 9.90 Å². The smallest absolute Gasteiger partial charge is 0.291 e. The summed E-state index contributed by atoms with van der Waals surface area (Å²) in [5.41, 5.74) is 5.57. The van der Waals surface area contributed by atoms with Gasteiger partial charge in [-0.25, -0.2) is 10.4 Å². The molecular formula is C20H28N4O2. The molecule has 1 aromatic carbocycles. The summed E-state index contributed by atoms with van der Waals surface area (Å²) in [6.45, 7) is 14.1. The lowest BCUT2D eigenvalue weighted by Crippen LogP contribution is -2.20. The number of aromatic amines is 1. The zero-order valence-electron chi connectivity index (χ0n) is 16.6. The third-order valence-corrected chi connectivity index (χ3v) is 4.17. The second-order valence-electron chi connectivity index (χ2n) is 8.54. The molecule has 0 atom stereocenters. The van der Waals surface area contributed by atoms with E-state index in [0.717, 1.165) is 16.7 Å². The molecule has 0 fully saturated rings. The maximum absolute atomic E-state index is 12.1. The van der Waals surface area contributed by atoms with Crippen molar-refractivity contribution in [1.29, 1.82) is 0 Å². The van der Waals surface area contributed by atoms with E-state index in [2.05, 4.69) is 62.0 Å². The highest BCUT2D eigenvalue weighted by molar-refractivity contribution is 5.94. The van der Waals surface area contributed by atoms with Crippen molar-refractivity contribution in [2.75, 3.05) is 0 Å². The number of carbonyl (C=O) groups is 1. The average molecular weight is 356 g/mol. The Labute approximate surface area is 154 Å². The van der Waals surface area contributed by atoms with E-state index in [1.165, 1.54) is 6.33 Å². The van der Waals surface area contributed by atoms with Crippen molar-refractivity contribution in [3.8, 4) is 5.75 Å². The van der Waals surface area contributed by atoms with Crippen LogP contribution in [0.25, 0.3) is 0 Å². The molecule has 2 rings (SSSR count). The molecule has 0 radical (unpaired) electrons. The van der Waals surface area contributed by atoms with Crippen LogP contribution in [0, 0.1) is 6.92 Å². The van der Waals surface area contributed by atoms with E-state index >= 15 is 0 Å². The van der Waals surface area contributed by atoms with Crippen LogP contribution in [-0.4, -0.2) is 27.2 Å². The number of amides is 1. The van der Waals surface area contributed by atoms with Gasteiger partial charge >= 0.3 is 0 Å². The monoisotopic (exact) mass is 356 g/mol. The molecule has 0 aliphatic rings. The summed E-state index contributed by atoms with van der Waals surface area (Å²) < 4.78 is 0. The maximum Gasteiger partial charge on any atom is 0.291 e. The number of phenols is 1. The fourth-order valence-corrected chi connectivity index (χ4v) is 2.68. The molecule has 6 heteroatoms. The third kappa shape index (κ3) is 4.31. The fraction of sp³-hybridized carbons (Fsp3) is 0.450. The maximum atomic E-state index is 12.1. The molecule has 1 aromatic heterocycles.